The Bertz CT molecular complexity index is 714. The Morgan fingerprint density at radius 1 is 1.20 bits per heavy atom. The number of pyridine rings is 1. The number of aromatic nitrogens is 3. The second kappa shape index (κ2) is 7.93. The van der Waals surface area contributed by atoms with Crippen molar-refractivity contribution in [2.45, 2.75) is 44.3 Å². The number of fused-ring (bicyclic) bond motifs is 1. The first-order valence-corrected chi connectivity index (χ1v) is 8.82. The highest BCUT2D eigenvalue weighted by Gasteiger charge is 2.22. The van der Waals surface area contributed by atoms with Gasteiger partial charge in [-0.25, -0.2) is 15.0 Å². The highest BCUT2D eigenvalue weighted by molar-refractivity contribution is 5.90. The van der Waals surface area contributed by atoms with Crippen molar-refractivity contribution < 1.29 is 9.47 Å². The molecule has 0 amide bonds. The van der Waals surface area contributed by atoms with Crippen molar-refractivity contribution in [1.29, 1.82) is 0 Å². The van der Waals surface area contributed by atoms with Crippen molar-refractivity contribution in [3.05, 3.63) is 18.0 Å². The third-order valence-electron chi connectivity index (χ3n) is 5.04. The van der Waals surface area contributed by atoms with Crippen LogP contribution in [0.4, 0.5) is 11.6 Å². The van der Waals surface area contributed by atoms with E-state index in [0.717, 1.165) is 11.2 Å². The second-order valence-corrected chi connectivity index (χ2v) is 6.64. The standard InChI is InChI=1S/C18H27N5O2/c1-23(10-15(24-2)25-3)14-9-13(12-7-5-4-6-8-12)16-17(19)20-11-21-18(16)22-14/h9,11-12,15H,4-8,10H2,1-3H3,(H2,19,20,21,22). The molecule has 0 aliphatic heterocycles. The van der Waals surface area contributed by atoms with Crippen molar-refractivity contribution in [2.75, 3.05) is 38.4 Å². The first kappa shape index (κ1) is 17.8. The predicted molar refractivity (Wildman–Crippen MR) is 98.6 cm³/mol. The van der Waals surface area contributed by atoms with Crippen LogP contribution in [-0.4, -0.2) is 49.1 Å². The molecule has 3 rings (SSSR count). The minimum absolute atomic E-state index is 0.309. The molecule has 7 heteroatoms. The SMILES string of the molecule is COC(CN(C)c1cc(C2CCCCC2)c2c(N)ncnc2n1)OC. The molecular weight excluding hydrogens is 318 g/mol. The van der Waals surface area contributed by atoms with Crippen molar-refractivity contribution in [3.8, 4) is 0 Å². The number of methoxy groups -OCH3 is 2. The second-order valence-electron chi connectivity index (χ2n) is 6.64. The number of nitrogens with two attached hydrogens (primary N) is 1. The van der Waals surface area contributed by atoms with Crippen molar-refractivity contribution in [3.63, 3.8) is 0 Å². The van der Waals surface area contributed by atoms with Crippen LogP contribution in [0.15, 0.2) is 12.4 Å². The van der Waals surface area contributed by atoms with Gasteiger partial charge in [-0.05, 0) is 30.4 Å². The molecule has 0 atom stereocenters. The number of anilines is 2. The van der Waals surface area contributed by atoms with E-state index in [0.29, 0.717) is 23.9 Å². The van der Waals surface area contributed by atoms with Gasteiger partial charge in [0.25, 0.3) is 0 Å². The van der Waals surface area contributed by atoms with Gasteiger partial charge < -0.3 is 20.1 Å². The van der Waals surface area contributed by atoms with E-state index in [1.165, 1.54) is 44.0 Å². The fraction of sp³-hybridized carbons (Fsp3) is 0.611. The average Bonchev–Trinajstić information content (AvgIpc) is 2.66. The molecule has 7 nitrogen and oxygen atoms in total. The summed E-state index contributed by atoms with van der Waals surface area (Å²) in [5.74, 6) is 1.85. The Morgan fingerprint density at radius 3 is 2.60 bits per heavy atom. The lowest BCUT2D eigenvalue weighted by Crippen LogP contribution is -2.32. The normalized spacial score (nSPS) is 15.8. The monoisotopic (exact) mass is 345 g/mol. The summed E-state index contributed by atoms with van der Waals surface area (Å²) in [5, 5.41) is 0.904. The molecule has 2 heterocycles. The van der Waals surface area contributed by atoms with Crippen LogP contribution < -0.4 is 10.6 Å². The first-order valence-electron chi connectivity index (χ1n) is 8.82. The average molecular weight is 345 g/mol. The molecule has 1 aliphatic rings. The van der Waals surface area contributed by atoms with Crippen LogP contribution in [0.5, 0.6) is 0 Å². The summed E-state index contributed by atoms with van der Waals surface area (Å²) < 4.78 is 10.6. The third kappa shape index (κ3) is 3.82. The highest BCUT2D eigenvalue weighted by atomic mass is 16.7. The number of hydrogen-bond acceptors (Lipinski definition) is 7. The van der Waals surface area contributed by atoms with Gasteiger partial charge in [0.2, 0.25) is 0 Å². The molecule has 136 valence electrons. The lowest BCUT2D eigenvalue weighted by Gasteiger charge is -2.27. The molecule has 2 N–H and O–H groups in total. The fourth-order valence-electron chi connectivity index (χ4n) is 3.60. The van der Waals surface area contributed by atoms with Crippen molar-refractivity contribution in [1.82, 2.24) is 15.0 Å². The van der Waals surface area contributed by atoms with E-state index in [-0.39, 0.29) is 6.29 Å². The van der Waals surface area contributed by atoms with Crippen LogP contribution in [0, 0.1) is 0 Å². The summed E-state index contributed by atoms with van der Waals surface area (Å²) in [6.07, 6.45) is 7.33. The van der Waals surface area contributed by atoms with Crippen LogP contribution in [0.25, 0.3) is 11.0 Å². The number of nitrogen functional groups attached to an aromatic ring is 1. The molecule has 25 heavy (non-hydrogen) atoms. The maximum absolute atomic E-state index is 6.17. The van der Waals surface area contributed by atoms with Gasteiger partial charge in [0.15, 0.2) is 11.9 Å². The van der Waals surface area contributed by atoms with Gasteiger partial charge in [0, 0.05) is 21.3 Å². The number of likely N-dealkylation sites (N-methyl/N-ethyl adjacent to an activating group) is 1. The molecule has 0 aromatic carbocycles. The van der Waals surface area contributed by atoms with Gasteiger partial charge in [-0.3, -0.25) is 0 Å². The van der Waals surface area contributed by atoms with E-state index in [1.807, 2.05) is 11.9 Å². The van der Waals surface area contributed by atoms with Gasteiger partial charge in [-0.2, -0.15) is 0 Å². The largest absolute Gasteiger partial charge is 0.383 e. The van der Waals surface area contributed by atoms with E-state index in [4.69, 9.17) is 20.2 Å². The summed E-state index contributed by atoms with van der Waals surface area (Å²) in [6.45, 7) is 0.580. The van der Waals surface area contributed by atoms with Gasteiger partial charge in [0.05, 0.1) is 11.9 Å². The zero-order chi connectivity index (χ0) is 17.8. The topological polar surface area (TPSA) is 86.4 Å². The summed E-state index contributed by atoms with van der Waals surface area (Å²) in [4.78, 5) is 15.3. The Kier molecular flexibility index (Phi) is 5.65. The zero-order valence-corrected chi connectivity index (χ0v) is 15.2. The quantitative estimate of drug-likeness (QED) is 0.805. The lowest BCUT2D eigenvalue weighted by atomic mass is 9.83. The molecule has 0 spiro atoms. The molecule has 0 radical (unpaired) electrons. The van der Waals surface area contributed by atoms with Crippen LogP contribution >= 0.6 is 0 Å². The Labute approximate surface area is 148 Å². The molecule has 2 aromatic rings. The summed E-state index contributed by atoms with van der Waals surface area (Å²) in [7, 11) is 5.25. The fourth-order valence-corrected chi connectivity index (χ4v) is 3.60. The van der Waals surface area contributed by atoms with E-state index in [2.05, 4.69) is 16.0 Å². The van der Waals surface area contributed by atoms with E-state index < -0.39 is 0 Å². The van der Waals surface area contributed by atoms with E-state index >= 15 is 0 Å². The highest BCUT2D eigenvalue weighted by Crippen LogP contribution is 2.38. The summed E-state index contributed by atoms with van der Waals surface area (Å²) in [6, 6.07) is 2.14. The molecule has 2 aromatic heterocycles. The van der Waals surface area contributed by atoms with Crippen molar-refractivity contribution >= 4 is 22.7 Å². The third-order valence-corrected chi connectivity index (χ3v) is 5.04. The van der Waals surface area contributed by atoms with Gasteiger partial charge in [0.1, 0.15) is 18.0 Å². The first-order chi connectivity index (χ1) is 12.1. The van der Waals surface area contributed by atoms with Gasteiger partial charge in [-0.15, -0.1) is 0 Å². The summed E-state index contributed by atoms with van der Waals surface area (Å²) in [5.41, 5.74) is 8.04. The summed E-state index contributed by atoms with van der Waals surface area (Å²) >= 11 is 0. The number of rotatable bonds is 6. The number of nitrogens with zero attached hydrogens (tertiary/aromatic N) is 4. The number of hydrogen-bond donors (Lipinski definition) is 1. The minimum Gasteiger partial charge on any atom is -0.383 e. The van der Waals surface area contributed by atoms with Gasteiger partial charge in [-0.1, -0.05) is 19.3 Å². The smallest absolute Gasteiger partial charge is 0.174 e. The Balaban J connectivity index is 2.02. The zero-order valence-electron chi connectivity index (χ0n) is 15.2. The minimum atomic E-state index is -0.309. The molecule has 1 aliphatic carbocycles. The molecule has 1 fully saturated rings. The molecular formula is C18H27N5O2. The van der Waals surface area contributed by atoms with Crippen molar-refractivity contribution in [2.24, 2.45) is 0 Å². The van der Waals surface area contributed by atoms with E-state index in [1.54, 1.807) is 14.2 Å². The molecule has 0 unspecified atom stereocenters. The van der Waals surface area contributed by atoms with Crippen LogP contribution in [0.2, 0.25) is 0 Å². The molecule has 0 bridgehead atoms. The van der Waals surface area contributed by atoms with Crippen LogP contribution in [0.1, 0.15) is 43.6 Å². The number of ether oxygens (including phenoxy) is 2. The van der Waals surface area contributed by atoms with Gasteiger partial charge >= 0.3 is 0 Å². The Morgan fingerprint density at radius 2 is 1.92 bits per heavy atom. The maximum atomic E-state index is 6.17. The Hall–Kier alpha value is -1.99. The van der Waals surface area contributed by atoms with Crippen LogP contribution in [0.3, 0.4) is 0 Å². The molecule has 1 saturated carbocycles. The van der Waals surface area contributed by atoms with Crippen LogP contribution in [-0.2, 0) is 9.47 Å². The predicted octanol–water partition coefficient (Wildman–Crippen LogP) is 2.71. The molecule has 0 saturated heterocycles. The maximum Gasteiger partial charge on any atom is 0.174 e. The van der Waals surface area contributed by atoms with E-state index in [9.17, 15) is 0 Å². The lowest BCUT2D eigenvalue weighted by molar-refractivity contribution is -0.0944.